The number of halogens is 2. The minimum atomic E-state index is -3.79. The SMILES string of the molecule is CN(c1ccsc1C(=O)NCc1ccc(F)c(Cl)c1)S(=O)(=O)c1ccccc1. The molecule has 0 saturated heterocycles. The third kappa shape index (κ3) is 4.19. The largest absolute Gasteiger partial charge is 0.347 e. The van der Waals surface area contributed by atoms with Gasteiger partial charge in [-0.05, 0) is 41.3 Å². The van der Waals surface area contributed by atoms with E-state index in [2.05, 4.69) is 5.32 Å². The monoisotopic (exact) mass is 438 g/mol. The Labute approximate surface area is 171 Å². The number of carbonyl (C=O) groups excluding carboxylic acids is 1. The highest BCUT2D eigenvalue weighted by Crippen LogP contribution is 2.29. The van der Waals surface area contributed by atoms with E-state index < -0.39 is 21.7 Å². The maximum atomic E-state index is 13.2. The number of nitrogens with zero attached hydrogens (tertiary/aromatic N) is 1. The summed E-state index contributed by atoms with van der Waals surface area (Å²) in [5, 5.41) is 4.32. The number of hydrogen-bond acceptors (Lipinski definition) is 4. The van der Waals surface area contributed by atoms with Crippen LogP contribution in [0.3, 0.4) is 0 Å². The topological polar surface area (TPSA) is 66.5 Å². The second-order valence-electron chi connectivity index (χ2n) is 5.85. The molecule has 3 rings (SSSR count). The first kappa shape index (κ1) is 20.3. The molecule has 28 heavy (non-hydrogen) atoms. The van der Waals surface area contributed by atoms with E-state index >= 15 is 0 Å². The molecule has 0 atom stereocenters. The van der Waals surface area contributed by atoms with E-state index in [0.29, 0.717) is 5.56 Å². The Hall–Kier alpha value is -2.42. The van der Waals surface area contributed by atoms with Crippen molar-refractivity contribution in [1.29, 1.82) is 0 Å². The molecule has 1 aromatic heterocycles. The van der Waals surface area contributed by atoms with Crippen LogP contribution >= 0.6 is 22.9 Å². The molecule has 1 N–H and O–H groups in total. The van der Waals surface area contributed by atoms with Gasteiger partial charge in [0, 0.05) is 13.6 Å². The Morgan fingerprint density at radius 3 is 2.57 bits per heavy atom. The Bertz CT molecular complexity index is 1100. The van der Waals surface area contributed by atoms with Crippen LogP contribution in [0.4, 0.5) is 10.1 Å². The third-order valence-electron chi connectivity index (χ3n) is 4.03. The van der Waals surface area contributed by atoms with Crippen molar-refractivity contribution in [1.82, 2.24) is 5.32 Å². The number of anilines is 1. The van der Waals surface area contributed by atoms with Crippen molar-refractivity contribution < 1.29 is 17.6 Å². The zero-order chi connectivity index (χ0) is 20.3. The number of nitrogens with one attached hydrogen (secondary N) is 1. The molecule has 0 aliphatic carbocycles. The molecule has 0 aliphatic heterocycles. The van der Waals surface area contributed by atoms with Gasteiger partial charge in [-0.3, -0.25) is 9.10 Å². The first-order valence-electron chi connectivity index (χ1n) is 8.14. The smallest absolute Gasteiger partial charge is 0.264 e. The molecule has 0 aliphatic rings. The average Bonchev–Trinajstić information content (AvgIpc) is 3.18. The van der Waals surface area contributed by atoms with Gasteiger partial charge < -0.3 is 5.32 Å². The third-order valence-corrected chi connectivity index (χ3v) is 7.01. The standard InChI is InChI=1S/C19H16ClFN2O3S2/c1-23(28(25,26)14-5-3-2-4-6-14)17-9-10-27-18(17)19(24)22-12-13-7-8-16(21)15(20)11-13/h2-11H,12H2,1H3,(H,22,24). The summed E-state index contributed by atoms with van der Waals surface area (Å²) in [5.74, 6) is -0.967. The van der Waals surface area contributed by atoms with E-state index in [1.807, 2.05) is 0 Å². The van der Waals surface area contributed by atoms with E-state index in [9.17, 15) is 17.6 Å². The van der Waals surface area contributed by atoms with Gasteiger partial charge in [0.2, 0.25) is 0 Å². The Kier molecular flexibility index (Phi) is 6.02. The molecule has 0 fully saturated rings. The van der Waals surface area contributed by atoms with Crippen LogP contribution in [0.25, 0.3) is 0 Å². The molecular weight excluding hydrogens is 423 g/mol. The lowest BCUT2D eigenvalue weighted by Gasteiger charge is -2.19. The molecule has 146 valence electrons. The molecule has 1 heterocycles. The fourth-order valence-electron chi connectivity index (χ4n) is 2.51. The minimum Gasteiger partial charge on any atom is -0.347 e. The summed E-state index contributed by atoms with van der Waals surface area (Å²) >= 11 is 6.88. The van der Waals surface area contributed by atoms with Crippen LogP contribution in [-0.2, 0) is 16.6 Å². The van der Waals surface area contributed by atoms with Gasteiger partial charge in [0.05, 0.1) is 15.6 Å². The quantitative estimate of drug-likeness (QED) is 0.624. The van der Waals surface area contributed by atoms with Crippen molar-refractivity contribution in [2.75, 3.05) is 11.4 Å². The number of sulfonamides is 1. The predicted molar refractivity (Wildman–Crippen MR) is 109 cm³/mol. The number of carbonyl (C=O) groups is 1. The molecular formula is C19H16ClFN2O3S2. The van der Waals surface area contributed by atoms with Crippen molar-refractivity contribution in [2.24, 2.45) is 0 Å². The van der Waals surface area contributed by atoms with Gasteiger partial charge in [-0.15, -0.1) is 11.3 Å². The number of rotatable bonds is 6. The van der Waals surface area contributed by atoms with Crippen LogP contribution in [0.5, 0.6) is 0 Å². The molecule has 0 radical (unpaired) electrons. The molecule has 0 bridgehead atoms. The van der Waals surface area contributed by atoms with Crippen LogP contribution in [0.1, 0.15) is 15.2 Å². The van der Waals surface area contributed by atoms with Gasteiger partial charge in [0.1, 0.15) is 10.7 Å². The maximum absolute atomic E-state index is 13.2. The van der Waals surface area contributed by atoms with Crippen molar-refractivity contribution in [3.05, 3.63) is 81.3 Å². The van der Waals surface area contributed by atoms with E-state index in [1.165, 1.54) is 37.4 Å². The number of hydrogen-bond donors (Lipinski definition) is 1. The summed E-state index contributed by atoms with van der Waals surface area (Å²) in [7, 11) is -2.39. The van der Waals surface area contributed by atoms with E-state index in [0.717, 1.165) is 15.6 Å². The summed E-state index contributed by atoms with van der Waals surface area (Å²) in [4.78, 5) is 13.0. The van der Waals surface area contributed by atoms with Crippen molar-refractivity contribution >= 4 is 44.6 Å². The van der Waals surface area contributed by atoms with Crippen molar-refractivity contribution in [3.63, 3.8) is 0 Å². The maximum Gasteiger partial charge on any atom is 0.264 e. The van der Waals surface area contributed by atoms with E-state index in [1.54, 1.807) is 29.6 Å². The molecule has 2 aromatic carbocycles. The molecule has 5 nitrogen and oxygen atoms in total. The first-order chi connectivity index (χ1) is 13.3. The Balaban J connectivity index is 1.79. The van der Waals surface area contributed by atoms with Gasteiger partial charge in [-0.25, -0.2) is 12.8 Å². The number of benzene rings is 2. The zero-order valence-corrected chi connectivity index (χ0v) is 17.1. The lowest BCUT2D eigenvalue weighted by Crippen LogP contribution is -2.29. The van der Waals surface area contributed by atoms with Crippen LogP contribution in [0.2, 0.25) is 5.02 Å². The van der Waals surface area contributed by atoms with Crippen LogP contribution in [-0.4, -0.2) is 21.4 Å². The number of thiophene rings is 1. The van der Waals surface area contributed by atoms with E-state index in [4.69, 9.17) is 11.6 Å². The Morgan fingerprint density at radius 1 is 1.18 bits per heavy atom. The summed E-state index contributed by atoms with van der Waals surface area (Å²) in [6, 6.07) is 13.7. The molecule has 3 aromatic rings. The number of amides is 1. The lowest BCUT2D eigenvalue weighted by atomic mass is 10.2. The predicted octanol–water partition coefficient (Wildman–Crippen LogP) is 4.30. The van der Waals surface area contributed by atoms with Crippen molar-refractivity contribution in [3.8, 4) is 0 Å². The summed E-state index contributed by atoms with van der Waals surface area (Å²) in [6.45, 7) is 0.130. The van der Waals surface area contributed by atoms with Crippen LogP contribution in [0, 0.1) is 5.82 Å². The fraction of sp³-hybridized carbons (Fsp3) is 0.105. The molecule has 0 unspecified atom stereocenters. The summed E-state index contributed by atoms with van der Waals surface area (Å²) < 4.78 is 39.9. The second-order valence-corrected chi connectivity index (χ2v) is 9.14. The van der Waals surface area contributed by atoms with Gasteiger partial charge in [0.25, 0.3) is 15.9 Å². The second kappa shape index (κ2) is 8.30. The van der Waals surface area contributed by atoms with E-state index in [-0.39, 0.29) is 27.0 Å². The normalized spacial score (nSPS) is 11.2. The molecule has 9 heteroatoms. The summed E-state index contributed by atoms with van der Waals surface area (Å²) in [5.41, 5.74) is 0.909. The molecule has 1 amide bonds. The zero-order valence-electron chi connectivity index (χ0n) is 14.7. The summed E-state index contributed by atoms with van der Waals surface area (Å²) in [6.07, 6.45) is 0. The van der Waals surface area contributed by atoms with Gasteiger partial charge >= 0.3 is 0 Å². The van der Waals surface area contributed by atoms with Crippen LogP contribution in [0.15, 0.2) is 64.9 Å². The van der Waals surface area contributed by atoms with Gasteiger partial charge in [-0.1, -0.05) is 35.9 Å². The molecule has 0 saturated carbocycles. The first-order valence-corrected chi connectivity index (χ1v) is 10.8. The van der Waals surface area contributed by atoms with Gasteiger partial charge in [0.15, 0.2) is 0 Å². The molecule has 0 spiro atoms. The fourth-order valence-corrected chi connectivity index (χ4v) is 4.84. The minimum absolute atomic E-state index is 0.0303. The lowest BCUT2D eigenvalue weighted by molar-refractivity contribution is 0.0955. The highest BCUT2D eigenvalue weighted by Gasteiger charge is 2.26. The van der Waals surface area contributed by atoms with Crippen molar-refractivity contribution in [2.45, 2.75) is 11.4 Å². The van der Waals surface area contributed by atoms with Gasteiger partial charge in [-0.2, -0.15) is 0 Å². The Morgan fingerprint density at radius 2 is 1.89 bits per heavy atom. The average molecular weight is 439 g/mol. The van der Waals surface area contributed by atoms with Crippen LogP contribution < -0.4 is 9.62 Å². The highest BCUT2D eigenvalue weighted by atomic mass is 35.5. The highest BCUT2D eigenvalue weighted by molar-refractivity contribution is 7.92.